The van der Waals surface area contributed by atoms with Crippen molar-refractivity contribution in [3.05, 3.63) is 65.7 Å². The first-order valence-electron chi connectivity index (χ1n) is 7.06. The largest absolute Gasteiger partial charge is 0.481 e. The molecule has 0 amide bonds. The first-order chi connectivity index (χ1) is 11.0. The van der Waals surface area contributed by atoms with E-state index in [0.717, 1.165) is 0 Å². The second-order valence-corrected chi connectivity index (χ2v) is 5.34. The van der Waals surface area contributed by atoms with Crippen LogP contribution in [0.1, 0.15) is 18.5 Å². The molecule has 0 aromatic heterocycles. The Morgan fingerprint density at radius 1 is 1.13 bits per heavy atom. The highest BCUT2D eigenvalue weighted by Crippen LogP contribution is 2.40. The van der Waals surface area contributed by atoms with Gasteiger partial charge in [0.2, 0.25) is 0 Å². The Labute approximate surface area is 131 Å². The standard InChI is InChI=1S/C17H14F2N2O2/c1-10-15(17(22)23)16(13-4-2-3-5-14(13)19)21(20-10)12-8-6-11(18)7-9-12/h2-9,15-16H,1H3,(H,22,23). The van der Waals surface area contributed by atoms with Crippen molar-refractivity contribution in [2.24, 2.45) is 11.0 Å². The molecule has 118 valence electrons. The van der Waals surface area contributed by atoms with Crippen LogP contribution in [0.15, 0.2) is 53.6 Å². The molecule has 0 bridgehead atoms. The fourth-order valence-corrected chi connectivity index (χ4v) is 2.82. The molecule has 2 aromatic rings. The Hall–Kier alpha value is -2.76. The monoisotopic (exact) mass is 316 g/mol. The Balaban J connectivity index is 2.11. The van der Waals surface area contributed by atoms with E-state index >= 15 is 0 Å². The molecule has 1 N–H and O–H groups in total. The first-order valence-corrected chi connectivity index (χ1v) is 7.06. The third kappa shape index (κ3) is 2.67. The summed E-state index contributed by atoms with van der Waals surface area (Å²) >= 11 is 0. The van der Waals surface area contributed by atoms with Gasteiger partial charge in [0, 0.05) is 5.56 Å². The van der Waals surface area contributed by atoms with Gasteiger partial charge in [0.15, 0.2) is 0 Å². The van der Waals surface area contributed by atoms with Gasteiger partial charge in [-0.05, 0) is 37.3 Å². The van der Waals surface area contributed by atoms with E-state index in [4.69, 9.17) is 0 Å². The van der Waals surface area contributed by atoms with Crippen molar-refractivity contribution in [1.29, 1.82) is 0 Å². The van der Waals surface area contributed by atoms with Crippen LogP contribution < -0.4 is 5.01 Å². The van der Waals surface area contributed by atoms with Crippen molar-refractivity contribution in [3.63, 3.8) is 0 Å². The number of carbonyl (C=O) groups is 1. The SMILES string of the molecule is CC1=NN(c2ccc(F)cc2)C(c2ccccc2F)C1C(=O)O. The summed E-state index contributed by atoms with van der Waals surface area (Å²) in [6.45, 7) is 1.59. The highest BCUT2D eigenvalue weighted by Gasteiger charge is 2.43. The van der Waals surface area contributed by atoms with Crippen molar-refractivity contribution in [3.8, 4) is 0 Å². The first kappa shape index (κ1) is 15.1. The Bertz CT molecular complexity index is 774. The number of carboxylic acid groups (broad SMARTS) is 1. The minimum atomic E-state index is -1.08. The number of hydrogen-bond acceptors (Lipinski definition) is 3. The van der Waals surface area contributed by atoms with Gasteiger partial charge in [0.1, 0.15) is 17.6 Å². The summed E-state index contributed by atoms with van der Waals surface area (Å²) in [5.41, 5.74) is 1.11. The van der Waals surface area contributed by atoms with Gasteiger partial charge < -0.3 is 5.11 Å². The molecule has 0 fully saturated rings. The number of nitrogens with zero attached hydrogens (tertiary/aromatic N) is 2. The van der Waals surface area contributed by atoms with Gasteiger partial charge >= 0.3 is 5.97 Å². The Morgan fingerprint density at radius 3 is 2.39 bits per heavy atom. The quantitative estimate of drug-likeness (QED) is 0.941. The van der Waals surface area contributed by atoms with E-state index in [1.165, 1.54) is 35.3 Å². The predicted molar refractivity (Wildman–Crippen MR) is 82.3 cm³/mol. The number of hydrazone groups is 1. The molecule has 1 heterocycles. The molecule has 2 unspecified atom stereocenters. The van der Waals surface area contributed by atoms with Crippen LogP contribution in [-0.2, 0) is 4.79 Å². The highest BCUT2D eigenvalue weighted by atomic mass is 19.1. The maximum Gasteiger partial charge on any atom is 0.314 e. The molecule has 1 aliphatic heterocycles. The number of rotatable bonds is 3. The fourth-order valence-electron chi connectivity index (χ4n) is 2.82. The van der Waals surface area contributed by atoms with E-state index in [2.05, 4.69) is 5.10 Å². The third-order valence-electron chi connectivity index (χ3n) is 3.88. The average Bonchev–Trinajstić information content (AvgIpc) is 2.86. The molecule has 0 spiro atoms. The molecule has 6 heteroatoms. The summed E-state index contributed by atoms with van der Waals surface area (Å²) in [6, 6.07) is 10.7. The van der Waals surface area contributed by atoms with Crippen molar-refractivity contribution < 1.29 is 18.7 Å². The topological polar surface area (TPSA) is 52.9 Å². The second kappa shape index (κ2) is 5.79. The second-order valence-electron chi connectivity index (χ2n) is 5.34. The van der Waals surface area contributed by atoms with Crippen LogP contribution in [0, 0.1) is 17.6 Å². The lowest BCUT2D eigenvalue weighted by Gasteiger charge is -2.27. The minimum Gasteiger partial charge on any atom is -0.481 e. The van der Waals surface area contributed by atoms with Gasteiger partial charge in [-0.2, -0.15) is 5.10 Å². The summed E-state index contributed by atoms with van der Waals surface area (Å²) in [7, 11) is 0. The third-order valence-corrected chi connectivity index (χ3v) is 3.88. The number of halogens is 2. The van der Waals surface area contributed by atoms with Crippen LogP contribution in [0.5, 0.6) is 0 Å². The zero-order chi connectivity index (χ0) is 16.6. The number of aliphatic carboxylic acids is 1. The van der Waals surface area contributed by atoms with Crippen LogP contribution in [0.2, 0.25) is 0 Å². The molecule has 2 atom stereocenters. The minimum absolute atomic E-state index is 0.241. The normalized spacial score (nSPS) is 20.5. The fraction of sp³-hybridized carbons (Fsp3) is 0.176. The molecular formula is C17H14F2N2O2. The summed E-state index contributed by atoms with van der Waals surface area (Å²) in [5.74, 6) is -2.97. The molecular weight excluding hydrogens is 302 g/mol. The van der Waals surface area contributed by atoms with Gasteiger partial charge in [0.25, 0.3) is 0 Å². The maximum absolute atomic E-state index is 14.2. The van der Waals surface area contributed by atoms with Gasteiger partial charge in [-0.25, -0.2) is 8.78 Å². The summed E-state index contributed by atoms with van der Waals surface area (Å²) in [4.78, 5) is 11.6. The number of hydrogen-bond donors (Lipinski definition) is 1. The molecule has 2 aromatic carbocycles. The smallest absolute Gasteiger partial charge is 0.314 e. The molecule has 1 aliphatic rings. The Morgan fingerprint density at radius 2 is 1.78 bits per heavy atom. The van der Waals surface area contributed by atoms with Crippen LogP contribution in [-0.4, -0.2) is 16.8 Å². The van der Waals surface area contributed by atoms with Crippen molar-refractivity contribution >= 4 is 17.4 Å². The van der Waals surface area contributed by atoms with E-state index in [0.29, 0.717) is 11.4 Å². The number of carboxylic acids is 1. The lowest BCUT2D eigenvalue weighted by atomic mass is 9.90. The maximum atomic E-state index is 14.2. The highest BCUT2D eigenvalue weighted by molar-refractivity contribution is 6.03. The van der Waals surface area contributed by atoms with Crippen molar-refractivity contribution in [2.75, 3.05) is 5.01 Å². The Kier molecular flexibility index (Phi) is 3.82. The zero-order valence-corrected chi connectivity index (χ0v) is 12.3. The molecule has 23 heavy (non-hydrogen) atoms. The van der Waals surface area contributed by atoms with Crippen LogP contribution in [0.4, 0.5) is 14.5 Å². The number of anilines is 1. The van der Waals surface area contributed by atoms with Gasteiger partial charge in [-0.15, -0.1) is 0 Å². The molecule has 0 saturated carbocycles. The molecule has 3 rings (SSSR count). The van der Waals surface area contributed by atoms with Crippen molar-refractivity contribution in [1.82, 2.24) is 0 Å². The van der Waals surface area contributed by atoms with Crippen LogP contribution >= 0.6 is 0 Å². The van der Waals surface area contributed by atoms with Gasteiger partial charge in [-0.1, -0.05) is 18.2 Å². The summed E-state index contributed by atoms with van der Waals surface area (Å²) in [6.07, 6.45) is 0. The lowest BCUT2D eigenvalue weighted by molar-refractivity contribution is -0.139. The zero-order valence-electron chi connectivity index (χ0n) is 12.3. The van der Waals surface area contributed by atoms with E-state index < -0.39 is 29.6 Å². The lowest BCUT2D eigenvalue weighted by Crippen LogP contribution is -2.31. The van der Waals surface area contributed by atoms with Gasteiger partial charge in [0.05, 0.1) is 17.4 Å². The van der Waals surface area contributed by atoms with Gasteiger partial charge in [-0.3, -0.25) is 9.80 Å². The van der Waals surface area contributed by atoms with E-state index in [1.54, 1.807) is 25.1 Å². The van der Waals surface area contributed by atoms with E-state index in [1.807, 2.05) is 0 Å². The molecule has 0 aliphatic carbocycles. The number of benzene rings is 2. The molecule has 0 saturated heterocycles. The summed E-state index contributed by atoms with van der Waals surface area (Å²) in [5, 5.41) is 15.2. The summed E-state index contributed by atoms with van der Waals surface area (Å²) < 4.78 is 27.4. The van der Waals surface area contributed by atoms with E-state index in [-0.39, 0.29) is 5.56 Å². The van der Waals surface area contributed by atoms with Crippen LogP contribution in [0.3, 0.4) is 0 Å². The molecule has 0 radical (unpaired) electrons. The average molecular weight is 316 g/mol. The molecule has 4 nitrogen and oxygen atoms in total. The van der Waals surface area contributed by atoms with Crippen molar-refractivity contribution in [2.45, 2.75) is 13.0 Å². The van der Waals surface area contributed by atoms with Crippen LogP contribution in [0.25, 0.3) is 0 Å². The predicted octanol–water partition coefficient (Wildman–Crippen LogP) is 3.60. The van der Waals surface area contributed by atoms with E-state index in [9.17, 15) is 18.7 Å².